The Morgan fingerprint density at radius 2 is 2.21 bits per heavy atom. The normalized spacial score (nSPS) is 19.2. The zero-order valence-electron chi connectivity index (χ0n) is 13.1. The number of phenolic OH excluding ortho intramolecular Hbond substituents is 1. The van der Waals surface area contributed by atoms with Gasteiger partial charge in [0.2, 0.25) is 0 Å². The number of nitrogens with zero attached hydrogens (tertiary/aromatic N) is 2. The smallest absolute Gasteiger partial charge is 0.186 e. The van der Waals surface area contributed by atoms with Gasteiger partial charge in [0.15, 0.2) is 17.3 Å². The Bertz CT molecular complexity index is 845. The van der Waals surface area contributed by atoms with Crippen LogP contribution in [0.25, 0.3) is 6.08 Å². The van der Waals surface area contributed by atoms with Crippen LogP contribution >= 0.6 is 23.1 Å². The molecule has 2 aromatic rings. The average molecular weight is 361 g/mol. The van der Waals surface area contributed by atoms with Crippen molar-refractivity contribution in [1.29, 1.82) is 5.41 Å². The molecule has 0 radical (unpaired) electrons. The van der Waals surface area contributed by atoms with Gasteiger partial charge in [-0.15, -0.1) is 21.5 Å². The van der Waals surface area contributed by atoms with Gasteiger partial charge in [-0.3, -0.25) is 10.2 Å². The number of hydrogen-bond acceptors (Lipinski definition) is 8. The number of nitrogens with one attached hydrogen (secondary N) is 1. The van der Waals surface area contributed by atoms with Gasteiger partial charge in [-0.1, -0.05) is 30.8 Å². The number of aryl methyl sites for hydroxylation is 1. The highest BCUT2D eigenvalue weighted by Crippen LogP contribution is 2.42. The van der Waals surface area contributed by atoms with Gasteiger partial charge in [-0.25, -0.2) is 0 Å². The second-order valence-corrected chi connectivity index (χ2v) is 7.24. The van der Waals surface area contributed by atoms with Gasteiger partial charge in [-0.05, 0) is 18.6 Å². The lowest BCUT2D eigenvalue weighted by molar-refractivity contribution is -0.114. The second kappa shape index (κ2) is 6.74. The minimum atomic E-state index is -0.688. The number of carbonyl (C=O) groups excluding carboxylic acids is 1. The lowest BCUT2D eigenvalue weighted by Gasteiger charge is -2.06. The lowest BCUT2D eigenvalue weighted by Crippen LogP contribution is -2.11. The van der Waals surface area contributed by atoms with Crippen molar-refractivity contribution in [2.45, 2.75) is 19.3 Å². The number of hydrogen-bond donors (Lipinski definition) is 2. The quantitative estimate of drug-likeness (QED) is 0.812. The molecule has 0 aliphatic carbocycles. The number of methoxy groups -OCH3 is 1. The van der Waals surface area contributed by atoms with Crippen LogP contribution in [0, 0.1) is 5.41 Å². The first-order chi connectivity index (χ1) is 11.5. The van der Waals surface area contributed by atoms with Crippen LogP contribution in [-0.2, 0) is 11.2 Å². The first-order valence-corrected chi connectivity index (χ1v) is 8.88. The van der Waals surface area contributed by atoms with E-state index in [1.165, 1.54) is 18.4 Å². The molecule has 1 aromatic carbocycles. The summed E-state index contributed by atoms with van der Waals surface area (Å²) in [5.41, 5.74) is 0.477. The molecule has 0 bridgehead atoms. The summed E-state index contributed by atoms with van der Waals surface area (Å²) in [5, 5.41) is 28.0. The molecule has 1 atom stereocenters. The molecule has 8 heteroatoms. The predicted molar refractivity (Wildman–Crippen MR) is 95.0 cm³/mol. The molecule has 1 aliphatic heterocycles. The zero-order chi connectivity index (χ0) is 17.3. The summed E-state index contributed by atoms with van der Waals surface area (Å²) >= 11 is 2.45. The Kier molecular flexibility index (Phi) is 4.68. The van der Waals surface area contributed by atoms with Crippen LogP contribution in [0.2, 0.25) is 0 Å². The van der Waals surface area contributed by atoms with E-state index in [0.717, 1.165) is 23.2 Å². The predicted octanol–water partition coefficient (Wildman–Crippen LogP) is 3.23. The van der Waals surface area contributed by atoms with Gasteiger partial charge in [0, 0.05) is 5.56 Å². The zero-order valence-corrected chi connectivity index (χ0v) is 14.7. The van der Waals surface area contributed by atoms with Crippen molar-refractivity contribution in [2.75, 3.05) is 7.11 Å². The number of Topliss-reactive ketones (excluding diaryl/α,β-unsaturated/α-hetero) is 1. The number of benzene rings is 1. The van der Waals surface area contributed by atoms with E-state index in [1.807, 2.05) is 6.92 Å². The van der Waals surface area contributed by atoms with Gasteiger partial charge in [0.1, 0.15) is 15.9 Å². The van der Waals surface area contributed by atoms with Crippen LogP contribution < -0.4 is 4.74 Å². The van der Waals surface area contributed by atoms with Crippen molar-refractivity contribution in [1.82, 2.24) is 10.2 Å². The van der Waals surface area contributed by atoms with Crippen molar-refractivity contribution < 1.29 is 14.6 Å². The van der Waals surface area contributed by atoms with Gasteiger partial charge >= 0.3 is 0 Å². The summed E-state index contributed by atoms with van der Waals surface area (Å²) in [4.78, 5) is 13.1. The van der Waals surface area contributed by atoms with Crippen LogP contribution in [0.4, 0.5) is 0 Å². The summed E-state index contributed by atoms with van der Waals surface area (Å²) in [5.74, 6) is -0.568. The van der Waals surface area contributed by atoms with Gasteiger partial charge in [0.25, 0.3) is 0 Å². The number of aromatic hydroxyl groups is 1. The second-order valence-electron chi connectivity index (χ2n) is 5.06. The average Bonchev–Trinajstić information content (AvgIpc) is 3.14. The molecule has 3 rings (SSSR count). The van der Waals surface area contributed by atoms with Crippen LogP contribution in [-0.4, -0.2) is 33.2 Å². The summed E-state index contributed by atoms with van der Waals surface area (Å²) < 4.78 is 5.07. The number of ether oxygens (including phenoxy) is 1. The van der Waals surface area contributed by atoms with E-state index in [9.17, 15) is 9.90 Å². The van der Waals surface area contributed by atoms with Gasteiger partial charge in [0.05, 0.1) is 17.1 Å². The maximum atomic E-state index is 12.7. The molecule has 1 unspecified atom stereocenters. The third kappa shape index (κ3) is 2.94. The fourth-order valence-corrected chi connectivity index (χ4v) is 4.25. The number of aromatic nitrogens is 2. The minimum absolute atomic E-state index is 0.0277. The van der Waals surface area contributed by atoms with Gasteiger partial charge < -0.3 is 9.84 Å². The van der Waals surface area contributed by atoms with E-state index in [1.54, 1.807) is 24.3 Å². The van der Waals surface area contributed by atoms with Crippen LogP contribution in [0.3, 0.4) is 0 Å². The Morgan fingerprint density at radius 1 is 1.42 bits per heavy atom. The Labute approximate surface area is 147 Å². The molecule has 6 nitrogen and oxygen atoms in total. The van der Waals surface area contributed by atoms with Gasteiger partial charge in [-0.2, -0.15) is 0 Å². The standard InChI is InChI=1S/C16H15N3O3S2/c1-3-11-18-19-16(24-11)12-14(21)10(23-15(12)17)7-8-5-4-6-9(22-2)13(8)20/h4-7,12,17,20H,3H2,1-2H3. The SMILES string of the molecule is CCc1nnc(C2C(=N)SC(=Cc3cccc(OC)c3O)C2=O)s1. The molecule has 124 valence electrons. The van der Waals surface area contributed by atoms with Crippen molar-refractivity contribution in [3.8, 4) is 11.5 Å². The number of thioether (sulfide) groups is 1. The molecule has 0 amide bonds. The van der Waals surface area contributed by atoms with E-state index >= 15 is 0 Å². The highest BCUT2D eigenvalue weighted by atomic mass is 32.2. The monoisotopic (exact) mass is 361 g/mol. The first-order valence-electron chi connectivity index (χ1n) is 7.25. The Balaban J connectivity index is 1.94. The molecule has 2 N–H and O–H groups in total. The summed E-state index contributed by atoms with van der Waals surface area (Å²) in [6.07, 6.45) is 2.33. The largest absolute Gasteiger partial charge is 0.504 e. The maximum Gasteiger partial charge on any atom is 0.186 e. The van der Waals surface area contributed by atoms with Crippen LogP contribution in [0.5, 0.6) is 11.5 Å². The van der Waals surface area contributed by atoms with Crippen LogP contribution in [0.15, 0.2) is 23.1 Å². The van der Waals surface area contributed by atoms with Crippen molar-refractivity contribution in [3.05, 3.63) is 38.7 Å². The van der Waals surface area contributed by atoms with E-state index in [0.29, 0.717) is 21.2 Å². The molecule has 2 heterocycles. The number of para-hydroxylation sites is 1. The first kappa shape index (κ1) is 16.7. The maximum absolute atomic E-state index is 12.7. The molecule has 1 aliphatic rings. The number of carbonyl (C=O) groups is 1. The van der Waals surface area contributed by atoms with Crippen molar-refractivity contribution in [3.63, 3.8) is 0 Å². The number of allylic oxidation sites excluding steroid dienone is 1. The van der Waals surface area contributed by atoms with E-state index < -0.39 is 5.92 Å². The summed E-state index contributed by atoms with van der Waals surface area (Å²) in [7, 11) is 1.47. The molecule has 1 fully saturated rings. The van der Waals surface area contributed by atoms with E-state index in [4.69, 9.17) is 10.1 Å². The number of ketones is 1. The van der Waals surface area contributed by atoms with E-state index in [-0.39, 0.29) is 16.6 Å². The lowest BCUT2D eigenvalue weighted by atomic mass is 10.0. The molecule has 0 spiro atoms. The fourth-order valence-electron chi connectivity index (χ4n) is 2.30. The summed E-state index contributed by atoms with van der Waals surface area (Å²) in [6.45, 7) is 1.97. The Hall–Kier alpha value is -2.19. The molecule has 24 heavy (non-hydrogen) atoms. The Morgan fingerprint density at radius 3 is 2.88 bits per heavy atom. The topological polar surface area (TPSA) is 96.2 Å². The number of phenols is 1. The van der Waals surface area contributed by atoms with Crippen molar-refractivity contribution >= 4 is 40.0 Å². The summed E-state index contributed by atoms with van der Waals surface area (Å²) in [6, 6.07) is 5.06. The van der Waals surface area contributed by atoms with E-state index in [2.05, 4.69) is 10.2 Å². The van der Waals surface area contributed by atoms with Crippen LogP contribution in [0.1, 0.15) is 28.4 Å². The fraction of sp³-hybridized carbons (Fsp3) is 0.250. The molecular weight excluding hydrogens is 346 g/mol. The molecular formula is C16H15N3O3S2. The highest BCUT2D eigenvalue weighted by Gasteiger charge is 2.39. The minimum Gasteiger partial charge on any atom is -0.504 e. The third-order valence-corrected chi connectivity index (χ3v) is 5.68. The number of rotatable bonds is 4. The molecule has 0 saturated carbocycles. The molecule has 1 saturated heterocycles. The third-order valence-electron chi connectivity index (χ3n) is 3.56. The van der Waals surface area contributed by atoms with Crippen molar-refractivity contribution in [2.24, 2.45) is 0 Å². The highest BCUT2D eigenvalue weighted by molar-refractivity contribution is 8.19. The molecule has 1 aromatic heterocycles.